The second-order valence-electron chi connectivity index (χ2n) is 9.11. The predicted molar refractivity (Wildman–Crippen MR) is 129 cm³/mol. The van der Waals surface area contributed by atoms with E-state index in [1.807, 2.05) is 44.2 Å². The standard InChI is InChI=1S/C26H35NO5S/c1-19(2)9-8-10-21(4)17-25(28)27-24(18-22-11-6-5-7-12-22)26(29)32-33(30,31)23-15-13-20(3)14-16-23/h5-7,11-16,19,21,24H,8-10,17-18H2,1-4H3,(H,27,28)/t21?,24-/m0/s1. The predicted octanol–water partition coefficient (Wildman–Crippen LogP) is 4.81. The average Bonchev–Trinajstić information content (AvgIpc) is 2.73. The molecule has 7 heteroatoms. The Morgan fingerprint density at radius 2 is 1.58 bits per heavy atom. The molecule has 2 atom stereocenters. The van der Waals surface area contributed by atoms with Gasteiger partial charge in [-0.2, -0.15) is 8.42 Å². The van der Waals surface area contributed by atoms with Crippen molar-refractivity contribution in [1.29, 1.82) is 0 Å². The average molecular weight is 474 g/mol. The Morgan fingerprint density at radius 1 is 0.939 bits per heavy atom. The Kier molecular flexibility index (Phi) is 10.1. The molecule has 1 unspecified atom stereocenters. The third-order valence-electron chi connectivity index (χ3n) is 5.42. The SMILES string of the molecule is Cc1ccc(S(=O)(=O)OC(=O)[C@H](Cc2ccccc2)NC(=O)CC(C)CCCC(C)C)cc1. The molecule has 1 N–H and O–H groups in total. The largest absolute Gasteiger partial charge is 0.345 e. The normalized spacial score (nSPS) is 13.4. The van der Waals surface area contributed by atoms with Gasteiger partial charge < -0.3 is 9.50 Å². The van der Waals surface area contributed by atoms with Gasteiger partial charge in [0, 0.05) is 12.8 Å². The lowest BCUT2D eigenvalue weighted by Gasteiger charge is -2.19. The van der Waals surface area contributed by atoms with Crippen molar-refractivity contribution in [3.05, 3.63) is 65.7 Å². The van der Waals surface area contributed by atoms with Crippen LogP contribution >= 0.6 is 0 Å². The van der Waals surface area contributed by atoms with Crippen LogP contribution in [0.4, 0.5) is 0 Å². The quantitative estimate of drug-likeness (QED) is 0.447. The van der Waals surface area contributed by atoms with Gasteiger partial charge in [-0.1, -0.05) is 88.1 Å². The van der Waals surface area contributed by atoms with E-state index in [1.54, 1.807) is 12.1 Å². The number of hydrogen-bond donors (Lipinski definition) is 1. The number of nitrogens with one attached hydrogen (secondary N) is 1. The molecule has 0 fully saturated rings. The van der Waals surface area contributed by atoms with Crippen molar-refractivity contribution in [3.63, 3.8) is 0 Å². The molecule has 0 aliphatic heterocycles. The Hall–Kier alpha value is -2.67. The number of amides is 1. The van der Waals surface area contributed by atoms with E-state index >= 15 is 0 Å². The number of carbonyl (C=O) groups is 2. The van der Waals surface area contributed by atoms with Crippen LogP contribution in [-0.4, -0.2) is 26.3 Å². The van der Waals surface area contributed by atoms with E-state index in [1.165, 1.54) is 12.1 Å². The summed E-state index contributed by atoms with van der Waals surface area (Å²) in [5.41, 5.74) is 1.68. The van der Waals surface area contributed by atoms with E-state index in [-0.39, 0.29) is 29.6 Å². The summed E-state index contributed by atoms with van der Waals surface area (Å²) < 4.78 is 30.1. The highest BCUT2D eigenvalue weighted by molar-refractivity contribution is 7.87. The zero-order valence-corrected chi connectivity index (χ0v) is 20.7. The third-order valence-corrected chi connectivity index (χ3v) is 6.65. The van der Waals surface area contributed by atoms with Crippen LogP contribution in [0.1, 0.15) is 57.6 Å². The molecule has 0 saturated carbocycles. The van der Waals surface area contributed by atoms with Crippen molar-refractivity contribution in [2.45, 2.75) is 70.7 Å². The molecule has 0 aliphatic carbocycles. The van der Waals surface area contributed by atoms with Crippen molar-refractivity contribution in [3.8, 4) is 0 Å². The minimum atomic E-state index is -4.29. The molecule has 0 aromatic heterocycles. The van der Waals surface area contributed by atoms with E-state index < -0.39 is 22.1 Å². The van der Waals surface area contributed by atoms with E-state index in [0.717, 1.165) is 30.4 Å². The first-order chi connectivity index (χ1) is 15.6. The second kappa shape index (κ2) is 12.5. The molecule has 1 amide bonds. The lowest BCUT2D eigenvalue weighted by atomic mass is 9.96. The molecular formula is C26H35NO5S. The van der Waals surface area contributed by atoms with Crippen LogP contribution in [0, 0.1) is 18.8 Å². The monoisotopic (exact) mass is 473 g/mol. The smallest absolute Gasteiger partial charge is 0.342 e. The summed E-state index contributed by atoms with van der Waals surface area (Å²) in [6.07, 6.45) is 3.46. The van der Waals surface area contributed by atoms with Gasteiger partial charge in [0.05, 0.1) is 0 Å². The highest BCUT2D eigenvalue weighted by Crippen LogP contribution is 2.17. The van der Waals surface area contributed by atoms with E-state index in [4.69, 9.17) is 4.18 Å². The number of rotatable bonds is 12. The van der Waals surface area contributed by atoms with Crippen molar-refractivity contribution >= 4 is 22.0 Å². The van der Waals surface area contributed by atoms with Crippen LogP contribution in [0.2, 0.25) is 0 Å². The lowest BCUT2D eigenvalue weighted by Crippen LogP contribution is -2.44. The van der Waals surface area contributed by atoms with Crippen molar-refractivity contribution in [2.24, 2.45) is 11.8 Å². The van der Waals surface area contributed by atoms with Crippen molar-refractivity contribution in [1.82, 2.24) is 5.32 Å². The fourth-order valence-corrected chi connectivity index (χ4v) is 4.41. The van der Waals surface area contributed by atoms with Crippen molar-refractivity contribution < 1.29 is 22.2 Å². The van der Waals surface area contributed by atoms with E-state index in [0.29, 0.717) is 5.92 Å². The van der Waals surface area contributed by atoms with E-state index in [2.05, 4.69) is 19.2 Å². The molecule has 0 saturated heterocycles. The Balaban J connectivity index is 2.08. The molecule has 0 aliphatic rings. The van der Waals surface area contributed by atoms with Crippen LogP contribution < -0.4 is 5.32 Å². The summed E-state index contributed by atoms with van der Waals surface area (Å²) >= 11 is 0. The maximum atomic E-state index is 12.9. The van der Waals surface area contributed by atoms with Crippen LogP contribution in [-0.2, 0) is 30.3 Å². The minimum Gasteiger partial charge on any atom is -0.342 e. The van der Waals surface area contributed by atoms with Crippen LogP contribution in [0.5, 0.6) is 0 Å². The maximum absolute atomic E-state index is 12.9. The highest BCUT2D eigenvalue weighted by atomic mass is 32.2. The molecular weight excluding hydrogens is 438 g/mol. The van der Waals surface area contributed by atoms with Crippen LogP contribution in [0.25, 0.3) is 0 Å². The van der Waals surface area contributed by atoms with Gasteiger partial charge in [0.2, 0.25) is 5.91 Å². The molecule has 0 bridgehead atoms. The summed E-state index contributed by atoms with van der Waals surface area (Å²) in [6.45, 7) is 8.17. The maximum Gasteiger partial charge on any atom is 0.345 e. The van der Waals surface area contributed by atoms with Crippen LogP contribution in [0.3, 0.4) is 0 Å². The Labute approximate surface area is 197 Å². The zero-order chi connectivity index (χ0) is 24.4. The first-order valence-electron chi connectivity index (χ1n) is 11.4. The molecule has 180 valence electrons. The molecule has 0 spiro atoms. The van der Waals surface area contributed by atoms with Gasteiger partial charge in [-0.05, 0) is 36.5 Å². The minimum absolute atomic E-state index is 0.106. The Bertz CT molecular complexity index is 1000. The van der Waals surface area contributed by atoms with Gasteiger partial charge >= 0.3 is 16.1 Å². The van der Waals surface area contributed by atoms with E-state index in [9.17, 15) is 18.0 Å². The van der Waals surface area contributed by atoms with Gasteiger partial charge in [0.1, 0.15) is 10.9 Å². The number of benzene rings is 2. The van der Waals surface area contributed by atoms with Gasteiger partial charge in [0.25, 0.3) is 0 Å². The summed E-state index contributed by atoms with van der Waals surface area (Å²) in [5.74, 6) is -0.516. The fourth-order valence-electron chi connectivity index (χ4n) is 3.51. The molecule has 6 nitrogen and oxygen atoms in total. The summed E-state index contributed by atoms with van der Waals surface area (Å²) in [7, 11) is -4.29. The van der Waals surface area contributed by atoms with Gasteiger partial charge in [-0.3, -0.25) is 4.79 Å². The van der Waals surface area contributed by atoms with Gasteiger partial charge in [-0.25, -0.2) is 4.79 Å². The molecule has 33 heavy (non-hydrogen) atoms. The van der Waals surface area contributed by atoms with Gasteiger partial charge in [0.15, 0.2) is 0 Å². The first kappa shape index (κ1) is 26.6. The summed E-state index contributed by atoms with van der Waals surface area (Å²) in [4.78, 5) is 25.4. The van der Waals surface area contributed by atoms with Gasteiger partial charge in [-0.15, -0.1) is 0 Å². The summed E-state index contributed by atoms with van der Waals surface area (Å²) in [6, 6.07) is 14.0. The number of carbonyl (C=O) groups excluding carboxylic acids is 2. The zero-order valence-electron chi connectivity index (χ0n) is 19.9. The highest BCUT2D eigenvalue weighted by Gasteiger charge is 2.29. The molecule has 2 aromatic carbocycles. The third kappa shape index (κ3) is 9.38. The van der Waals surface area contributed by atoms with Crippen molar-refractivity contribution in [2.75, 3.05) is 0 Å². The molecule has 2 aromatic rings. The first-order valence-corrected chi connectivity index (χ1v) is 12.9. The number of aryl methyl sites for hydroxylation is 1. The lowest BCUT2D eigenvalue weighted by molar-refractivity contribution is -0.139. The summed E-state index contributed by atoms with van der Waals surface area (Å²) in [5, 5.41) is 2.70. The molecule has 0 radical (unpaired) electrons. The number of hydrogen-bond acceptors (Lipinski definition) is 5. The molecule has 2 rings (SSSR count). The molecule has 0 heterocycles. The Morgan fingerprint density at radius 3 is 2.18 bits per heavy atom. The van der Waals surface area contributed by atoms with Crippen LogP contribution in [0.15, 0.2) is 59.5 Å². The second-order valence-corrected chi connectivity index (χ2v) is 10.7. The topological polar surface area (TPSA) is 89.5 Å². The fraction of sp³-hybridized carbons (Fsp3) is 0.462.